The van der Waals surface area contributed by atoms with Crippen LogP contribution in [-0.4, -0.2) is 27.4 Å². The second kappa shape index (κ2) is 7.56. The summed E-state index contributed by atoms with van der Waals surface area (Å²) in [5, 5.41) is 18.4. The number of benzene rings is 2. The molecule has 3 rings (SSSR count). The van der Waals surface area contributed by atoms with Gasteiger partial charge >= 0.3 is 5.97 Å². The summed E-state index contributed by atoms with van der Waals surface area (Å²) in [5.41, 5.74) is 1.18. The minimum absolute atomic E-state index is 0.0543. The van der Waals surface area contributed by atoms with Crippen molar-refractivity contribution in [2.75, 3.05) is 0 Å². The van der Waals surface area contributed by atoms with Gasteiger partial charge in [0.2, 0.25) is 5.89 Å². The van der Waals surface area contributed by atoms with Gasteiger partial charge in [0, 0.05) is 23.3 Å². The molecular formula is C18H13N3O6. The van der Waals surface area contributed by atoms with Crippen molar-refractivity contribution in [3.8, 4) is 11.5 Å². The van der Waals surface area contributed by atoms with E-state index < -0.39 is 17.0 Å². The average molecular weight is 367 g/mol. The van der Waals surface area contributed by atoms with E-state index >= 15 is 0 Å². The maximum atomic E-state index is 12.1. The zero-order valence-electron chi connectivity index (χ0n) is 14.1. The van der Waals surface area contributed by atoms with Crippen LogP contribution in [0, 0.1) is 10.1 Å². The van der Waals surface area contributed by atoms with E-state index in [1.54, 1.807) is 6.92 Å². The fraction of sp³-hybridized carbons (Fsp3) is 0.111. The Morgan fingerprint density at radius 1 is 1.15 bits per heavy atom. The van der Waals surface area contributed by atoms with E-state index in [1.165, 1.54) is 48.5 Å². The third-order valence-corrected chi connectivity index (χ3v) is 3.68. The van der Waals surface area contributed by atoms with Gasteiger partial charge in [-0.1, -0.05) is 12.1 Å². The molecule has 9 nitrogen and oxygen atoms in total. The monoisotopic (exact) mass is 367 g/mol. The smallest absolute Gasteiger partial charge is 0.338 e. The van der Waals surface area contributed by atoms with Crippen LogP contribution >= 0.6 is 0 Å². The summed E-state index contributed by atoms with van der Waals surface area (Å²) in [7, 11) is 0. The Balaban J connectivity index is 1.70. The van der Waals surface area contributed by atoms with Crippen LogP contribution in [-0.2, 0) is 4.74 Å². The fourth-order valence-electron chi connectivity index (χ4n) is 2.22. The SMILES string of the molecule is C[C@H](OC(=O)c1ccc(C=O)cc1)c1nnc(-c2ccc([N+](=O)[O-])cc2)o1. The van der Waals surface area contributed by atoms with Gasteiger partial charge in [-0.25, -0.2) is 4.79 Å². The summed E-state index contributed by atoms with van der Waals surface area (Å²) in [6.45, 7) is 1.57. The van der Waals surface area contributed by atoms with Gasteiger partial charge in [-0.05, 0) is 31.2 Å². The van der Waals surface area contributed by atoms with Gasteiger partial charge in [-0.3, -0.25) is 14.9 Å². The standard InChI is InChI=1S/C18H13N3O6/c1-11(26-18(23)14-4-2-12(10-22)3-5-14)16-19-20-17(27-16)13-6-8-15(9-7-13)21(24)25/h2-11H,1H3/t11-/m0/s1. The molecular weight excluding hydrogens is 354 g/mol. The predicted molar refractivity (Wildman–Crippen MR) is 92.0 cm³/mol. The highest BCUT2D eigenvalue weighted by Gasteiger charge is 2.20. The molecule has 1 atom stereocenters. The highest BCUT2D eigenvalue weighted by atomic mass is 16.6. The number of nitrogens with zero attached hydrogens (tertiary/aromatic N) is 3. The first-order valence-electron chi connectivity index (χ1n) is 7.82. The molecule has 1 heterocycles. The summed E-state index contributed by atoms with van der Waals surface area (Å²) in [4.78, 5) is 33.0. The van der Waals surface area contributed by atoms with E-state index in [0.29, 0.717) is 17.4 Å². The highest BCUT2D eigenvalue weighted by molar-refractivity contribution is 5.90. The van der Waals surface area contributed by atoms with E-state index in [4.69, 9.17) is 9.15 Å². The molecule has 0 unspecified atom stereocenters. The maximum Gasteiger partial charge on any atom is 0.338 e. The third kappa shape index (κ3) is 4.03. The van der Waals surface area contributed by atoms with Crippen molar-refractivity contribution in [2.24, 2.45) is 0 Å². The summed E-state index contributed by atoms with van der Waals surface area (Å²) < 4.78 is 10.8. The van der Waals surface area contributed by atoms with Crippen molar-refractivity contribution in [2.45, 2.75) is 13.0 Å². The van der Waals surface area contributed by atoms with Gasteiger partial charge in [0.05, 0.1) is 10.5 Å². The molecule has 0 aliphatic heterocycles. The van der Waals surface area contributed by atoms with Crippen molar-refractivity contribution < 1.29 is 23.7 Å². The van der Waals surface area contributed by atoms with Crippen LogP contribution in [0.2, 0.25) is 0 Å². The van der Waals surface area contributed by atoms with Crippen molar-refractivity contribution in [3.05, 3.63) is 75.7 Å². The predicted octanol–water partition coefficient (Wildman–Crippen LogP) is 3.38. The molecule has 0 fully saturated rings. The molecule has 136 valence electrons. The summed E-state index contributed by atoms with van der Waals surface area (Å²) in [5.74, 6) is -0.366. The van der Waals surface area contributed by atoms with Gasteiger partial charge in [0.25, 0.3) is 11.6 Å². The molecule has 0 spiro atoms. The molecule has 9 heteroatoms. The Hall–Kier alpha value is -3.88. The average Bonchev–Trinajstić information content (AvgIpc) is 3.18. The highest BCUT2D eigenvalue weighted by Crippen LogP contribution is 2.24. The fourth-order valence-corrected chi connectivity index (χ4v) is 2.22. The van der Waals surface area contributed by atoms with Crippen LogP contribution in [0.15, 0.2) is 52.9 Å². The molecule has 0 saturated carbocycles. The van der Waals surface area contributed by atoms with Crippen molar-refractivity contribution in [1.29, 1.82) is 0 Å². The van der Waals surface area contributed by atoms with E-state index in [-0.39, 0.29) is 23.0 Å². The Morgan fingerprint density at radius 2 is 1.81 bits per heavy atom. The molecule has 0 saturated heterocycles. The molecule has 0 aliphatic rings. The number of hydrogen-bond acceptors (Lipinski definition) is 8. The van der Waals surface area contributed by atoms with Gasteiger partial charge in [-0.2, -0.15) is 0 Å². The van der Waals surface area contributed by atoms with Crippen LogP contribution in [0.25, 0.3) is 11.5 Å². The van der Waals surface area contributed by atoms with Gasteiger partial charge < -0.3 is 9.15 Å². The topological polar surface area (TPSA) is 125 Å². The normalized spacial score (nSPS) is 11.6. The minimum atomic E-state index is -0.803. The van der Waals surface area contributed by atoms with Crippen LogP contribution in [0.3, 0.4) is 0 Å². The number of aromatic nitrogens is 2. The first-order valence-corrected chi connectivity index (χ1v) is 7.82. The zero-order chi connectivity index (χ0) is 19.4. The lowest BCUT2D eigenvalue weighted by Gasteiger charge is -2.09. The number of ether oxygens (including phenoxy) is 1. The number of carbonyl (C=O) groups excluding carboxylic acids is 2. The molecule has 3 aromatic rings. The van der Waals surface area contributed by atoms with Gasteiger partial charge in [0.1, 0.15) is 6.29 Å². The summed E-state index contributed by atoms with van der Waals surface area (Å²) >= 11 is 0. The van der Waals surface area contributed by atoms with Gasteiger partial charge in [0.15, 0.2) is 6.10 Å². The first kappa shape index (κ1) is 17.9. The van der Waals surface area contributed by atoms with Crippen molar-refractivity contribution >= 4 is 17.9 Å². The number of esters is 1. The molecule has 2 aromatic carbocycles. The first-order chi connectivity index (χ1) is 13.0. The Bertz CT molecular complexity index is 979. The molecule has 0 N–H and O–H groups in total. The second-order valence-electron chi connectivity index (χ2n) is 5.54. The number of nitro benzene ring substituents is 1. The lowest BCUT2D eigenvalue weighted by atomic mass is 10.1. The number of non-ortho nitro benzene ring substituents is 1. The quantitative estimate of drug-likeness (QED) is 0.281. The lowest BCUT2D eigenvalue weighted by Crippen LogP contribution is -2.09. The Labute approximate surface area is 152 Å². The summed E-state index contributed by atoms with van der Waals surface area (Å²) in [6.07, 6.45) is -0.127. The van der Waals surface area contributed by atoms with E-state index in [9.17, 15) is 19.7 Å². The molecule has 0 radical (unpaired) electrons. The number of nitro groups is 1. The molecule has 0 aliphatic carbocycles. The van der Waals surface area contributed by atoms with Crippen LogP contribution in [0.4, 0.5) is 5.69 Å². The largest absolute Gasteiger partial charge is 0.449 e. The molecule has 1 aromatic heterocycles. The van der Waals surface area contributed by atoms with Crippen molar-refractivity contribution in [1.82, 2.24) is 10.2 Å². The second-order valence-corrected chi connectivity index (χ2v) is 5.54. The van der Waals surface area contributed by atoms with Crippen molar-refractivity contribution in [3.63, 3.8) is 0 Å². The molecule has 0 amide bonds. The Morgan fingerprint density at radius 3 is 2.41 bits per heavy atom. The number of rotatable bonds is 6. The van der Waals surface area contributed by atoms with Crippen LogP contribution < -0.4 is 0 Å². The zero-order valence-corrected chi connectivity index (χ0v) is 14.1. The minimum Gasteiger partial charge on any atom is -0.449 e. The van der Waals surface area contributed by atoms with E-state index in [2.05, 4.69) is 10.2 Å². The number of hydrogen-bond donors (Lipinski definition) is 0. The maximum absolute atomic E-state index is 12.1. The lowest BCUT2D eigenvalue weighted by molar-refractivity contribution is -0.384. The van der Waals surface area contributed by atoms with Crippen LogP contribution in [0.1, 0.15) is 39.6 Å². The van der Waals surface area contributed by atoms with Gasteiger partial charge in [-0.15, -0.1) is 10.2 Å². The Kier molecular flexibility index (Phi) is 5.02. The molecule has 0 bridgehead atoms. The van der Waals surface area contributed by atoms with Crippen LogP contribution in [0.5, 0.6) is 0 Å². The van der Waals surface area contributed by atoms with E-state index in [0.717, 1.165) is 0 Å². The number of aldehydes is 1. The molecule has 27 heavy (non-hydrogen) atoms. The summed E-state index contributed by atoms with van der Waals surface area (Å²) in [6, 6.07) is 11.6. The van der Waals surface area contributed by atoms with E-state index in [1.807, 2.05) is 0 Å². The third-order valence-electron chi connectivity index (χ3n) is 3.68. The number of carbonyl (C=O) groups is 2.